The lowest BCUT2D eigenvalue weighted by Crippen LogP contribution is -2.42. The molecule has 3 heterocycles. The van der Waals surface area contributed by atoms with Gasteiger partial charge in [0.2, 0.25) is 0 Å². The molecule has 2 aliphatic heterocycles. The van der Waals surface area contributed by atoms with E-state index >= 15 is 0 Å². The summed E-state index contributed by atoms with van der Waals surface area (Å²) in [5.41, 5.74) is 1.70. The van der Waals surface area contributed by atoms with Crippen molar-refractivity contribution in [3.05, 3.63) is 47.5 Å². The van der Waals surface area contributed by atoms with Gasteiger partial charge < -0.3 is 14.6 Å². The fraction of sp³-hybridized carbons (Fsp3) is 0.545. The Morgan fingerprint density at radius 1 is 1.15 bits per heavy atom. The maximum atomic E-state index is 12.7. The van der Waals surface area contributed by atoms with Gasteiger partial charge in [-0.05, 0) is 36.3 Å². The normalized spacial score (nSPS) is 24.7. The fourth-order valence-corrected chi connectivity index (χ4v) is 5.07. The highest BCUT2D eigenvalue weighted by Gasteiger charge is 2.30. The zero-order chi connectivity index (χ0) is 18.2. The second-order valence-electron chi connectivity index (χ2n) is 8.33. The molecule has 0 radical (unpaired) electrons. The van der Waals surface area contributed by atoms with Gasteiger partial charge in [-0.15, -0.1) is 0 Å². The number of ether oxygens (including phenoxy) is 1. The van der Waals surface area contributed by atoms with Crippen molar-refractivity contribution in [1.82, 2.24) is 14.9 Å². The lowest BCUT2D eigenvalue weighted by molar-refractivity contribution is 0.0910. The summed E-state index contributed by atoms with van der Waals surface area (Å²) in [4.78, 5) is 17.4. The van der Waals surface area contributed by atoms with Crippen LogP contribution in [0.3, 0.4) is 0 Å². The number of hydrogen-bond acceptors (Lipinski definition) is 3. The van der Waals surface area contributed by atoms with Gasteiger partial charge in [-0.25, -0.2) is 4.98 Å². The molecule has 0 saturated heterocycles. The first-order valence-corrected chi connectivity index (χ1v) is 10.3. The van der Waals surface area contributed by atoms with Crippen molar-refractivity contribution in [2.45, 2.75) is 57.5 Å². The first kappa shape index (κ1) is 16.8. The largest absolute Gasteiger partial charge is 0.491 e. The Bertz CT molecular complexity index is 838. The molecule has 5 heteroatoms. The molecular weight excluding hydrogens is 338 g/mol. The zero-order valence-electron chi connectivity index (χ0n) is 15.7. The molecule has 5 nitrogen and oxygen atoms in total. The molecule has 1 N–H and O–H groups in total. The third kappa shape index (κ3) is 3.35. The van der Waals surface area contributed by atoms with Crippen LogP contribution < -0.4 is 10.1 Å². The number of amides is 1. The van der Waals surface area contributed by atoms with Crippen LogP contribution in [0.4, 0.5) is 0 Å². The Morgan fingerprint density at radius 3 is 2.89 bits per heavy atom. The Kier molecular flexibility index (Phi) is 4.38. The van der Waals surface area contributed by atoms with Crippen LogP contribution >= 0.6 is 0 Å². The first-order valence-electron chi connectivity index (χ1n) is 10.3. The summed E-state index contributed by atoms with van der Waals surface area (Å²) in [6.07, 6.45) is 10.5. The summed E-state index contributed by atoms with van der Waals surface area (Å²) in [7, 11) is 0. The number of carbonyl (C=O) groups is 1. The molecule has 2 unspecified atom stereocenters. The number of para-hydroxylation sites is 1. The molecule has 142 valence electrons. The molecule has 0 spiro atoms. The number of benzene rings is 1. The number of aryl methyl sites for hydroxylation is 1. The summed E-state index contributed by atoms with van der Waals surface area (Å²) in [5.74, 6) is 3.55. The molecular formula is C22H27N3O2. The van der Waals surface area contributed by atoms with Crippen molar-refractivity contribution >= 4 is 5.91 Å². The molecule has 1 aliphatic carbocycles. The topological polar surface area (TPSA) is 56.1 Å². The fourth-order valence-electron chi connectivity index (χ4n) is 5.07. The molecule has 2 atom stereocenters. The van der Waals surface area contributed by atoms with Gasteiger partial charge in [0.15, 0.2) is 0 Å². The van der Waals surface area contributed by atoms with E-state index in [0.717, 1.165) is 48.4 Å². The molecule has 2 aromatic rings. The smallest absolute Gasteiger partial charge is 0.271 e. The number of hydrogen-bond donors (Lipinski definition) is 1. The summed E-state index contributed by atoms with van der Waals surface area (Å²) in [6.45, 7) is 1.54. The van der Waals surface area contributed by atoms with Crippen LogP contribution in [0.2, 0.25) is 0 Å². The summed E-state index contributed by atoms with van der Waals surface area (Å²) >= 11 is 0. The first-order chi connectivity index (χ1) is 13.3. The molecule has 27 heavy (non-hydrogen) atoms. The maximum Gasteiger partial charge on any atom is 0.271 e. The van der Waals surface area contributed by atoms with Crippen LogP contribution in [0.5, 0.6) is 5.75 Å². The molecule has 1 aromatic carbocycles. The van der Waals surface area contributed by atoms with Crippen molar-refractivity contribution < 1.29 is 9.53 Å². The standard InChI is InChI=1S/C22H27N3O2/c26-22(23-18-11-16-7-3-4-8-20(16)27-14-18)19-13-25-12-17(9-10-21(25)24-19)15-5-1-2-6-15/h3-4,7-8,13,15,17-18H,1-2,5-6,9-12,14H2,(H,23,26). The highest BCUT2D eigenvalue weighted by Crippen LogP contribution is 2.36. The molecule has 1 saturated carbocycles. The van der Waals surface area contributed by atoms with Crippen LogP contribution in [0.25, 0.3) is 0 Å². The van der Waals surface area contributed by atoms with Crippen molar-refractivity contribution in [3.63, 3.8) is 0 Å². The Labute approximate surface area is 160 Å². The quantitative estimate of drug-likeness (QED) is 0.907. The summed E-state index contributed by atoms with van der Waals surface area (Å²) in [6, 6.07) is 8.03. The maximum absolute atomic E-state index is 12.7. The molecule has 3 aliphatic rings. The molecule has 5 rings (SSSR count). The highest BCUT2D eigenvalue weighted by molar-refractivity contribution is 5.92. The predicted molar refractivity (Wildman–Crippen MR) is 103 cm³/mol. The van der Waals surface area contributed by atoms with Gasteiger partial charge in [0.25, 0.3) is 5.91 Å². The second kappa shape index (κ2) is 7.02. The van der Waals surface area contributed by atoms with Crippen molar-refractivity contribution in [2.24, 2.45) is 11.8 Å². The van der Waals surface area contributed by atoms with E-state index in [1.165, 1.54) is 32.1 Å². The summed E-state index contributed by atoms with van der Waals surface area (Å²) < 4.78 is 8.02. The van der Waals surface area contributed by atoms with Crippen LogP contribution in [0.15, 0.2) is 30.5 Å². The average Bonchev–Trinajstić information content (AvgIpc) is 3.37. The van der Waals surface area contributed by atoms with E-state index in [0.29, 0.717) is 12.3 Å². The Morgan fingerprint density at radius 2 is 2.00 bits per heavy atom. The highest BCUT2D eigenvalue weighted by atomic mass is 16.5. The third-order valence-corrected chi connectivity index (χ3v) is 6.54. The SMILES string of the molecule is O=C(NC1COc2ccccc2C1)c1cn2c(n1)CCC(C1CCCC1)C2. The number of aromatic nitrogens is 2. The number of imidazole rings is 1. The van der Waals surface area contributed by atoms with Gasteiger partial charge in [0.05, 0.1) is 6.04 Å². The minimum absolute atomic E-state index is 0.00244. The monoisotopic (exact) mass is 365 g/mol. The minimum Gasteiger partial charge on any atom is -0.491 e. The molecule has 1 aromatic heterocycles. The van der Waals surface area contributed by atoms with Gasteiger partial charge in [-0.3, -0.25) is 4.79 Å². The van der Waals surface area contributed by atoms with Crippen LogP contribution in [-0.2, 0) is 19.4 Å². The number of nitrogens with zero attached hydrogens (tertiary/aromatic N) is 2. The molecule has 1 amide bonds. The van der Waals surface area contributed by atoms with E-state index in [9.17, 15) is 4.79 Å². The van der Waals surface area contributed by atoms with E-state index in [4.69, 9.17) is 4.74 Å². The average molecular weight is 365 g/mol. The Balaban J connectivity index is 1.24. The molecule has 1 fully saturated rings. The van der Waals surface area contributed by atoms with Crippen LogP contribution in [0.1, 0.15) is 54.0 Å². The lowest BCUT2D eigenvalue weighted by atomic mass is 9.85. The number of fused-ring (bicyclic) bond motifs is 2. The lowest BCUT2D eigenvalue weighted by Gasteiger charge is -2.28. The third-order valence-electron chi connectivity index (χ3n) is 6.54. The van der Waals surface area contributed by atoms with Gasteiger partial charge in [-0.2, -0.15) is 0 Å². The zero-order valence-corrected chi connectivity index (χ0v) is 15.7. The van der Waals surface area contributed by atoms with Gasteiger partial charge in [-0.1, -0.05) is 43.9 Å². The number of rotatable bonds is 3. The van der Waals surface area contributed by atoms with Crippen molar-refractivity contribution in [2.75, 3.05) is 6.61 Å². The number of carbonyl (C=O) groups excluding carboxylic acids is 1. The van der Waals surface area contributed by atoms with E-state index < -0.39 is 0 Å². The van der Waals surface area contributed by atoms with Gasteiger partial charge >= 0.3 is 0 Å². The van der Waals surface area contributed by atoms with Crippen LogP contribution in [0, 0.1) is 11.8 Å². The van der Waals surface area contributed by atoms with Crippen LogP contribution in [-0.4, -0.2) is 28.1 Å². The van der Waals surface area contributed by atoms with E-state index in [1.54, 1.807) is 0 Å². The van der Waals surface area contributed by atoms with E-state index in [2.05, 4.69) is 20.9 Å². The van der Waals surface area contributed by atoms with Crippen molar-refractivity contribution in [3.8, 4) is 5.75 Å². The van der Waals surface area contributed by atoms with Crippen molar-refractivity contribution in [1.29, 1.82) is 0 Å². The second-order valence-corrected chi connectivity index (χ2v) is 8.33. The minimum atomic E-state index is -0.0812. The predicted octanol–water partition coefficient (Wildman–Crippen LogP) is 3.37. The molecule has 0 bridgehead atoms. The Hall–Kier alpha value is -2.30. The van der Waals surface area contributed by atoms with Gasteiger partial charge in [0.1, 0.15) is 23.9 Å². The van der Waals surface area contributed by atoms with E-state index in [-0.39, 0.29) is 11.9 Å². The van der Waals surface area contributed by atoms with Gasteiger partial charge in [0, 0.05) is 19.2 Å². The summed E-state index contributed by atoms with van der Waals surface area (Å²) in [5, 5.41) is 3.11. The van der Waals surface area contributed by atoms with E-state index in [1.807, 2.05) is 24.4 Å². The number of nitrogens with one attached hydrogen (secondary N) is 1.